The van der Waals surface area contributed by atoms with Gasteiger partial charge in [-0.05, 0) is 5.56 Å². The smallest absolute Gasteiger partial charge is 0.331 e. The van der Waals surface area contributed by atoms with Crippen molar-refractivity contribution in [3.8, 4) is 0 Å². The maximum Gasteiger partial charge on any atom is 0.331 e. The van der Waals surface area contributed by atoms with Crippen molar-refractivity contribution in [1.29, 1.82) is 0 Å². The number of aliphatic carboxylic acids is 1. The predicted molar refractivity (Wildman–Crippen MR) is 74.6 cm³/mol. The van der Waals surface area contributed by atoms with E-state index in [1.54, 1.807) is 30.3 Å². The first-order valence-corrected chi connectivity index (χ1v) is 8.07. The van der Waals surface area contributed by atoms with Gasteiger partial charge in [0.05, 0.1) is 5.75 Å². The Bertz CT molecular complexity index is 644. The van der Waals surface area contributed by atoms with E-state index in [1.165, 1.54) is 4.90 Å². The van der Waals surface area contributed by atoms with Crippen LogP contribution in [0.15, 0.2) is 30.3 Å². The van der Waals surface area contributed by atoms with Gasteiger partial charge in [-0.2, -0.15) is 0 Å². The zero-order chi connectivity index (χ0) is 15.6. The van der Waals surface area contributed by atoms with E-state index >= 15 is 0 Å². The Labute approximate surface area is 122 Å². The van der Waals surface area contributed by atoms with Crippen LogP contribution < -0.4 is 5.14 Å². The first-order valence-electron chi connectivity index (χ1n) is 6.35. The van der Waals surface area contributed by atoms with Gasteiger partial charge >= 0.3 is 5.97 Å². The van der Waals surface area contributed by atoms with Crippen molar-refractivity contribution >= 4 is 21.9 Å². The van der Waals surface area contributed by atoms with Crippen LogP contribution in [-0.4, -0.2) is 42.6 Å². The second kappa shape index (κ2) is 5.82. The molecule has 114 valence electrons. The van der Waals surface area contributed by atoms with Crippen molar-refractivity contribution in [2.45, 2.75) is 12.5 Å². The van der Waals surface area contributed by atoms with Gasteiger partial charge in [-0.15, -0.1) is 0 Å². The van der Waals surface area contributed by atoms with Crippen molar-refractivity contribution in [3.05, 3.63) is 35.9 Å². The minimum absolute atomic E-state index is 0.00690. The van der Waals surface area contributed by atoms with E-state index in [1.807, 2.05) is 0 Å². The van der Waals surface area contributed by atoms with Crippen LogP contribution in [0.3, 0.4) is 0 Å². The van der Waals surface area contributed by atoms with Gasteiger partial charge in [0.25, 0.3) is 0 Å². The Morgan fingerprint density at radius 2 is 2.00 bits per heavy atom. The van der Waals surface area contributed by atoms with Crippen LogP contribution in [0.25, 0.3) is 0 Å². The average Bonchev–Trinajstić information content (AvgIpc) is 2.69. The Balaban J connectivity index is 2.23. The van der Waals surface area contributed by atoms with E-state index in [4.69, 9.17) is 5.14 Å². The molecule has 0 saturated carbocycles. The summed E-state index contributed by atoms with van der Waals surface area (Å²) in [5.41, 5.74) is 0.481. The van der Waals surface area contributed by atoms with Gasteiger partial charge in [0.2, 0.25) is 15.9 Å². The molecule has 1 fully saturated rings. The van der Waals surface area contributed by atoms with Crippen LogP contribution in [0.4, 0.5) is 0 Å². The molecule has 0 bridgehead atoms. The Morgan fingerprint density at radius 1 is 1.38 bits per heavy atom. The fourth-order valence-corrected chi connectivity index (χ4v) is 3.47. The Kier molecular flexibility index (Phi) is 4.29. The normalized spacial score (nSPS) is 20.5. The zero-order valence-electron chi connectivity index (χ0n) is 11.2. The number of carboxylic acid groups (broad SMARTS) is 1. The Morgan fingerprint density at radius 3 is 2.52 bits per heavy atom. The van der Waals surface area contributed by atoms with E-state index in [9.17, 15) is 23.1 Å². The minimum atomic E-state index is -3.69. The summed E-state index contributed by atoms with van der Waals surface area (Å²) in [6.45, 7) is 0.0706. The molecule has 1 amide bonds. The van der Waals surface area contributed by atoms with Gasteiger partial charge in [0, 0.05) is 18.9 Å². The van der Waals surface area contributed by atoms with Gasteiger partial charge in [0.15, 0.2) is 6.04 Å². The molecular formula is C13H16N2O5S. The molecule has 2 atom stereocenters. The fourth-order valence-electron chi connectivity index (χ4n) is 2.59. The third-order valence-electron chi connectivity index (χ3n) is 3.37. The lowest BCUT2D eigenvalue weighted by molar-refractivity contribution is -0.148. The maximum atomic E-state index is 12.0. The highest BCUT2D eigenvalue weighted by atomic mass is 32.2. The molecule has 8 heteroatoms. The number of carbonyl (C=O) groups excluding carboxylic acids is 1. The van der Waals surface area contributed by atoms with Gasteiger partial charge in [-0.3, -0.25) is 4.79 Å². The number of primary sulfonamides is 1. The fraction of sp³-hybridized carbons (Fsp3) is 0.385. The number of amides is 1. The molecule has 1 saturated heterocycles. The lowest BCUT2D eigenvalue weighted by atomic mass is 10.1. The summed E-state index contributed by atoms with van der Waals surface area (Å²) in [4.78, 5) is 24.7. The molecule has 2 rings (SSSR count). The van der Waals surface area contributed by atoms with Gasteiger partial charge in [-0.1, -0.05) is 30.3 Å². The van der Waals surface area contributed by atoms with Crippen LogP contribution in [-0.2, 0) is 19.6 Å². The molecule has 7 nitrogen and oxygen atoms in total. The number of nitrogens with zero attached hydrogens (tertiary/aromatic N) is 1. The number of hydrogen-bond donors (Lipinski definition) is 2. The topological polar surface area (TPSA) is 118 Å². The van der Waals surface area contributed by atoms with Gasteiger partial charge in [0.1, 0.15) is 0 Å². The highest BCUT2D eigenvalue weighted by Crippen LogP contribution is 2.29. The summed E-state index contributed by atoms with van der Waals surface area (Å²) in [6, 6.07) is 7.27. The molecule has 21 heavy (non-hydrogen) atoms. The molecule has 0 radical (unpaired) electrons. The summed E-state index contributed by atoms with van der Waals surface area (Å²) in [7, 11) is -3.69. The molecule has 3 N–H and O–H groups in total. The first-order chi connectivity index (χ1) is 9.78. The number of sulfonamides is 1. The maximum absolute atomic E-state index is 12.0. The van der Waals surface area contributed by atoms with E-state index in [0.29, 0.717) is 5.56 Å². The SMILES string of the molecule is NS(=O)(=O)CC1CC(=O)N(C(C(=O)O)c2ccccc2)C1. The number of carboxylic acids is 1. The van der Waals surface area contributed by atoms with Crippen molar-refractivity contribution in [2.24, 2.45) is 11.1 Å². The van der Waals surface area contributed by atoms with Gasteiger partial charge in [-0.25, -0.2) is 18.4 Å². The summed E-state index contributed by atoms with van der Waals surface area (Å²) < 4.78 is 22.2. The molecule has 0 aromatic heterocycles. The second-order valence-electron chi connectivity index (χ2n) is 5.10. The summed E-state index contributed by atoms with van der Waals surface area (Å²) in [5, 5.41) is 14.4. The van der Waals surface area contributed by atoms with Crippen LogP contribution >= 0.6 is 0 Å². The number of benzene rings is 1. The second-order valence-corrected chi connectivity index (χ2v) is 6.76. The quantitative estimate of drug-likeness (QED) is 0.790. The highest BCUT2D eigenvalue weighted by molar-refractivity contribution is 7.89. The van der Waals surface area contributed by atoms with Crippen LogP contribution in [0.1, 0.15) is 18.0 Å². The molecule has 0 spiro atoms. The Hall–Kier alpha value is -1.93. The van der Waals surface area contributed by atoms with E-state index in [0.717, 1.165) is 0 Å². The van der Waals surface area contributed by atoms with E-state index in [-0.39, 0.29) is 24.6 Å². The molecule has 1 aromatic rings. The lowest BCUT2D eigenvalue weighted by Crippen LogP contribution is -2.36. The van der Waals surface area contributed by atoms with Crippen LogP contribution in [0.5, 0.6) is 0 Å². The summed E-state index contributed by atoms with van der Waals surface area (Å²) in [6.07, 6.45) is -0.00690. The van der Waals surface area contributed by atoms with Crippen molar-refractivity contribution in [2.75, 3.05) is 12.3 Å². The molecular weight excluding hydrogens is 296 g/mol. The van der Waals surface area contributed by atoms with E-state index in [2.05, 4.69) is 0 Å². The third kappa shape index (κ3) is 3.79. The molecule has 2 unspecified atom stereocenters. The third-order valence-corrected chi connectivity index (χ3v) is 4.30. The predicted octanol–water partition coefficient (Wildman–Crippen LogP) is -0.0507. The summed E-state index contributed by atoms with van der Waals surface area (Å²) >= 11 is 0. The zero-order valence-corrected chi connectivity index (χ0v) is 12.0. The lowest BCUT2D eigenvalue weighted by Gasteiger charge is -2.25. The van der Waals surface area contributed by atoms with Gasteiger partial charge < -0.3 is 10.0 Å². The van der Waals surface area contributed by atoms with Crippen LogP contribution in [0, 0.1) is 5.92 Å². The largest absolute Gasteiger partial charge is 0.479 e. The standard InChI is InChI=1S/C13H16N2O5S/c14-21(19,20)8-9-6-11(16)15(7-9)12(13(17)18)10-4-2-1-3-5-10/h1-5,9,12H,6-8H2,(H,17,18)(H2,14,19,20). The number of nitrogens with two attached hydrogens (primary N) is 1. The number of hydrogen-bond acceptors (Lipinski definition) is 4. The minimum Gasteiger partial charge on any atom is -0.479 e. The van der Waals surface area contributed by atoms with E-state index < -0.39 is 28.0 Å². The molecule has 1 heterocycles. The van der Waals surface area contributed by atoms with Crippen molar-refractivity contribution in [3.63, 3.8) is 0 Å². The highest BCUT2D eigenvalue weighted by Gasteiger charge is 2.39. The average molecular weight is 312 g/mol. The molecule has 1 aromatic carbocycles. The number of likely N-dealkylation sites (tertiary alicyclic amines) is 1. The van der Waals surface area contributed by atoms with Crippen molar-refractivity contribution < 1.29 is 23.1 Å². The van der Waals surface area contributed by atoms with Crippen LogP contribution in [0.2, 0.25) is 0 Å². The number of rotatable bonds is 5. The number of carbonyl (C=O) groups is 2. The molecule has 1 aliphatic rings. The van der Waals surface area contributed by atoms with Crippen molar-refractivity contribution in [1.82, 2.24) is 4.90 Å². The summed E-state index contributed by atoms with van der Waals surface area (Å²) in [5.74, 6) is -2.32. The monoisotopic (exact) mass is 312 g/mol. The molecule has 1 aliphatic heterocycles. The molecule has 0 aliphatic carbocycles. The first kappa shape index (κ1) is 15.5.